The van der Waals surface area contributed by atoms with Crippen molar-refractivity contribution in [1.29, 1.82) is 0 Å². The average molecular weight is 209 g/mol. The lowest BCUT2D eigenvalue weighted by Gasteiger charge is -2.20. The molecule has 15 heavy (non-hydrogen) atoms. The normalized spacial score (nSPS) is 49.6. The Morgan fingerprint density at radius 3 is 2.33 bits per heavy atom. The van der Waals surface area contributed by atoms with Crippen molar-refractivity contribution >= 4 is 0 Å². The zero-order valence-electron chi connectivity index (χ0n) is 9.74. The second-order valence-corrected chi connectivity index (χ2v) is 6.45. The van der Waals surface area contributed by atoms with Crippen LogP contribution in [0.25, 0.3) is 0 Å². The summed E-state index contributed by atoms with van der Waals surface area (Å²) in [5, 5.41) is 0. The van der Waals surface area contributed by atoms with E-state index >= 15 is 0 Å². The van der Waals surface area contributed by atoms with Crippen molar-refractivity contribution in [3.05, 3.63) is 0 Å². The molecular weight excluding hydrogens is 186 g/mol. The molecule has 3 saturated carbocycles. The molecular formula is C13H23NO. The number of ether oxygens (including phenoxy) is 1. The maximum atomic E-state index is 6.20. The predicted octanol–water partition coefficient (Wildman–Crippen LogP) is 2.32. The predicted molar refractivity (Wildman–Crippen MR) is 60.5 cm³/mol. The zero-order valence-corrected chi connectivity index (χ0v) is 9.74. The molecule has 4 atom stereocenters. The molecule has 0 spiro atoms. The molecule has 2 N–H and O–H groups in total. The van der Waals surface area contributed by atoms with Gasteiger partial charge in [-0.25, -0.2) is 0 Å². The highest BCUT2D eigenvalue weighted by molar-refractivity contribution is 5.00. The van der Waals surface area contributed by atoms with E-state index in [0.29, 0.717) is 6.10 Å². The van der Waals surface area contributed by atoms with Crippen molar-refractivity contribution in [3.8, 4) is 0 Å². The number of hydrogen-bond donors (Lipinski definition) is 1. The van der Waals surface area contributed by atoms with Gasteiger partial charge in [-0.15, -0.1) is 0 Å². The Hall–Kier alpha value is -0.0800. The van der Waals surface area contributed by atoms with Gasteiger partial charge in [0.1, 0.15) is 0 Å². The third-order valence-electron chi connectivity index (χ3n) is 4.52. The largest absolute Gasteiger partial charge is 0.378 e. The Bertz CT molecular complexity index is 231. The van der Waals surface area contributed by atoms with Crippen LogP contribution in [-0.4, -0.2) is 18.2 Å². The summed E-state index contributed by atoms with van der Waals surface area (Å²) >= 11 is 0. The molecule has 0 saturated heterocycles. The number of hydrogen-bond acceptors (Lipinski definition) is 2. The summed E-state index contributed by atoms with van der Waals surface area (Å²) in [5.74, 6) is 2.64. The van der Waals surface area contributed by atoms with Crippen molar-refractivity contribution in [2.24, 2.45) is 23.5 Å². The fraction of sp³-hybridized carbons (Fsp3) is 1.00. The van der Waals surface area contributed by atoms with Crippen LogP contribution in [0.3, 0.4) is 0 Å². The molecule has 1 unspecified atom stereocenters. The lowest BCUT2D eigenvalue weighted by atomic mass is 9.97. The maximum absolute atomic E-state index is 6.20. The van der Waals surface area contributed by atoms with Crippen LogP contribution in [0.1, 0.15) is 45.4 Å². The maximum Gasteiger partial charge on any atom is 0.0580 e. The van der Waals surface area contributed by atoms with Crippen LogP contribution < -0.4 is 5.73 Å². The summed E-state index contributed by atoms with van der Waals surface area (Å²) in [6, 6.07) is 0. The second-order valence-electron chi connectivity index (χ2n) is 6.45. The standard InChI is InChI=1S/C13H23NO/c1-13(14)6-10-4-12(5-11(10)7-13)15-8-9-2-3-9/h9-12H,2-8,14H2,1H3/t10-,11+,12-,13?. The molecule has 2 heteroatoms. The summed E-state index contributed by atoms with van der Waals surface area (Å²) in [7, 11) is 0. The number of rotatable bonds is 3. The van der Waals surface area contributed by atoms with Gasteiger partial charge in [0.05, 0.1) is 6.10 Å². The monoisotopic (exact) mass is 209 g/mol. The van der Waals surface area contributed by atoms with Gasteiger partial charge in [0.25, 0.3) is 0 Å². The Labute approximate surface area is 92.6 Å². The first-order valence-corrected chi connectivity index (χ1v) is 6.53. The minimum Gasteiger partial charge on any atom is -0.378 e. The van der Waals surface area contributed by atoms with Crippen LogP contribution >= 0.6 is 0 Å². The number of fused-ring (bicyclic) bond motifs is 1. The molecule has 0 aromatic rings. The summed E-state index contributed by atoms with van der Waals surface area (Å²) in [5.41, 5.74) is 6.33. The molecule has 0 radical (unpaired) electrons. The third kappa shape index (κ3) is 2.21. The first kappa shape index (κ1) is 10.1. The summed E-state index contributed by atoms with van der Waals surface area (Å²) in [6.45, 7) is 3.25. The Morgan fingerprint density at radius 2 is 1.80 bits per heavy atom. The highest BCUT2D eigenvalue weighted by Gasteiger charge is 2.45. The molecule has 0 amide bonds. The van der Waals surface area contributed by atoms with Crippen LogP contribution in [0.5, 0.6) is 0 Å². The van der Waals surface area contributed by atoms with E-state index in [0.717, 1.165) is 24.4 Å². The Balaban J connectivity index is 1.48. The van der Waals surface area contributed by atoms with Gasteiger partial charge < -0.3 is 10.5 Å². The first-order valence-electron chi connectivity index (χ1n) is 6.53. The fourth-order valence-electron chi connectivity index (χ4n) is 3.63. The van der Waals surface area contributed by atoms with Gasteiger partial charge >= 0.3 is 0 Å². The summed E-state index contributed by atoms with van der Waals surface area (Å²) in [4.78, 5) is 0. The van der Waals surface area contributed by atoms with E-state index in [1.807, 2.05) is 0 Å². The topological polar surface area (TPSA) is 35.2 Å². The van der Waals surface area contributed by atoms with Crippen LogP contribution in [-0.2, 0) is 4.74 Å². The minimum atomic E-state index is 0.122. The highest BCUT2D eigenvalue weighted by atomic mass is 16.5. The Morgan fingerprint density at radius 1 is 1.20 bits per heavy atom. The second kappa shape index (κ2) is 3.46. The van der Waals surface area contributed by atoms with Crippen LogP contribution in [0.4, 0.5) is 0 Å². The molecule has 0 heterocycles. The van der Waals surface area contributed by atoms with E-state index in [9.17, 15) is 0 Å². The van der Waals surface area contributed by atoms with Gasteiger partial charge in [-0.3, -0.25) is 0 Å². The van der Waals surface area contributed by atoms with E-state index in [2.05, 4.69) is 6.92 Å². The average Bonchev–Trinajstić information content (AvgIpc) is 2.82. The van der Waals surface area contributed by atoms with Gasteiger partial charge in [-0.2, -0.15) is 0 Å². The van der Waals surface area contributed by atoms with E-state index in [1.54, 1.807) is 0 Å². The van der Waals surface area contributed by atoms with E-state index in [-0.39, 0.29) is 5.54 Å². The SMILES string of the molecule is CC1(N)C[C@H]2C[C@@H](OCC3CC3)C[C@H]2C1. The minimum absolute atomic E-state index is 0.122. The molecule has 86 valence electrons. The smallest absolute Gasteiger partial charge is 0.0580 e. The van der Waals surface area contributed by atoms with E-state index in [1.165, 1.54) is 38.5 Å². The van der Waals surface area contributed by atoms with Crippen LogP contribution in [0.15, 0.2) is 0 Å². The molecule has 3 aliphatic rings. The van der Waals surface area contributed by atoms with Crippen molar-refractivity contribution in [3.63, 3.8) is 0 Å². The quantitative estimate of drug-likeness (QED) is 0.774. The van der Waals surface area contributed by atoms with E-state index in [4.69, 9.17) is 10.5 Å². The molecule has 3 fully saturated rings. The molecule has 0 aliphatic heterocycles. The molecule has 0 bridgehead atoms. The summed E-state index contributed by atoms with van der Waals surface area (Å²) in [6.07, 6.45) is 8.38. The van der Waals surface area contributed by atoms with Crippen molar-refractivity contribution in [2.75, 3.05) is 6.61 Å². The van der Waals surface area contributed by atoms with Gasteiger partial charge in [0.2, 0.25) is 0 Å². The third-order valence-corrected chi connectivity index (χ3v) is 4.52. The van der Waals surface area contributed by atoms with Gasteiger partial charge in [0.15, 0.2) is 0 Å². The zero-order chi connectivity index (χ0) is 10.5. The van der Waals surface area contributed by atoms with Gasteiger partial charge in [0, 0.05) is 12.1 Å². The van der Waals surface area contributed by atoms with Crippen molar-refractivity contribution in [2.45, 2.75) is 57.1 Å². The highest BCUT2D eigenvalue weighted by Crippen LogP contribution is 2.48. The van der Waals surface area contributed by atoms with Gasteiger partial charge in [-0.05, 0) is 63.2 Å². The first-order chi connectivity index (χ1) is 7.12. The molecule has 2 nitrogen and oxygen atoms in total. The lowest BCUT2D eigenvalue weighted by Crippen LogP contribution is -2.33. The van der Waals surface area contributed by atoms with Crippen LogP contribution in [0.2, 0.25) is 0 Å². The number of nitrogens with two attached hydrogens (primary N) is 1. The fourth-order valence-corrected chi connectivity index (χ4v) is 3.63. The van der Waals surface area contributed by atoms with Gasteiger partial charge in [-0.1, -0.05) is 0 Å². The molecule has 0 aromatic carbocycles. The van der Waals surface area contributed by atoms with Crippen LogP contribution in [0, 0.1) is 17.8 Å². The lowest BCUT2D eigenvalue weighted by molar-refractivity contribution is 0.0439. The molecule has 3 rings (SSSR count). The van der Waals surface area contributed by atoms with Crippen molar-refractivity contribution in [1.82, 2.24) is 0 Å². The Kier molecular flexibility index (Phi) is 2.33. The summed E-state index contributed by atoms with van der Waals surface area (Å²) < 4.78 is 5.99. The molecule has 0 aromatic heterocycles. The molecule has 3 aliphatic carbocycles. The van der Waals surface area contributed by atoms with E-state index < -0.39 is 0 Å². The van der Waals surface area contributed by atoms with Crippen molar-refractivity contribution < 1.29 is 4.74 Å².